The molecule has 1 unspecified atom stereocenters. The van der Waals surface area contributed by atoms with Gasteiger partial charge in [0.15, 0.2) is 15.7 Å². The normalized spacial score (nSPS) is 34.8. The smallest absolute Gasteiger partial charge is 0.282 e. The highest BCUT2D eigenvalue weighted by atomic mass is 16.5. The van der Waals surface area contributed by atoms with Gasteiger partial charge in [0.1, 0.15) is 11.9 Å². The summed E-state index contributed by atoms with van der Waals surface area (Å²) in [6.45, 7) is 2.14. The van der Waals surface area contributed by atoms with Crippen LogP contribution in [-0.2, 0) is 16.7 Å². The van der Waals surface area contributed by atoms with Crippen LogP contribution in [0.2, 0.25) is 0 Å². The van der Waals surface area contributed by atoms with Crippen molar-refractivity contribution in [1.82, 2.24) is 9.97 Å². The lowest BCUT2D eigenvalue weighted by atomic mass is 9.44. The van der Waals surface area contributed by atoms with Crippen LogP contribution in [0.3, 0.4) is 0 Å². The summed E-state index contributed by atoms with van der Waals surface area (Å²) in [6, 6.07) is 6.84. The number of ether oxygens (including phenoxy) is 1. The Balaban J connectivity index is 1.73. The van der Waals surface area contributed by atoms with Crippen LogP contribution in [0.25, 0.3) is 11.1 Å². The summed E-state index contributed by atoms with van der Waals surface area (Å²) in [5.74, 6) is 0.213. The van der Waals surface area contributed by atoms with Crippen LogP contribution in [0.4, 0.5) is 0 Å². The maximum Gasteiger partial charge on any atom is 0.282 e. The molecule has 4 atom stereocenters. The van der Waals surface area contributed by atoms with E-state index in [-0.39, 0.29) is 23.5 Å². The second-order valence-corrected chi connectivity index (χ2v) is 9.52. The van der Waals surface area contributed by atoms with Crippen molar-refractivity contribution < 1.29 is 9.84 Å². The molecule has 6 nitrogen and oxygen atoms in total. The van der Waals surface area contributed by atoms with Crippen molar-refractivity contribution in [2.75, 3.05) is 0 Å². The fourth-order valence-corrected chi connectivity index (χ4v) is 6.33. The van der Waals surface area contributed by atoms with Crippen molar-refractivity contribution in [3.63, 3.8) is 0 Å². The molecule has 5 rings (SSSR count). The zero-order valence-electron chi connectivity index (χ0n) is 17.2. The zero-order chi connectivity index (χ0) is 20.4. The van der Waals surface area contributed by atoms with Crippen LogP contribution in [0, 0.1) is 11.3 Å². The fraction of sp³-hybridized carbons (Fsp3) is 0.476. The van der Waals surface area contributed by atoms with E-state index < -0.39 is 10.9 Å². The van der Waals surface area contributed by atoms with Crippen molar-refractivity contribution in [1.29, 1.82) is 0 Å². The molecule has 2 aliphatic carbocycles. The van der Waals surface area contributed by atoms with Gasteiger partial charge in [-0.15, -0.1) is 0 Å². The van der Waals surface area contributed by atoms with E-state index in [0.29, 0.717) is 0 Å². The number of hydrogen-bond acceptors (Lipinski definition) is 6. The number of nitrogens with two attached hydrogens (primary N) is 1. The molecule has 0 radical (unpaired) electrons. The molecule has 1 fully saturated rings. The first-order chi connectivity index (χ1) is 13.8. The first-order valence-electron chi connectivity index (χ1n) is 10.4. The molecule has 0 saturated heterocycles. The second-order valence-electron chi connectivity index (χ2n) is 9.52. The third-order valence-electron chi connectivity index (χ3n) is 7.49. The molecule has 2 aromatic rings. The number of amidine groups is 1. The molecule has 3 aliphatic rings. The van der Waals surface area contributed by atoms with E-state index in [2.05, 4.69) is 50.8 Å². The van der Waals surface area contributed by atoms with Crippen molar-refractivity contribution >= 4 is 21.7 Å². The fourth-order valence-electron chi connectivity index (χ4n) is 6.33. The predicted octanol–water partition coefficient (Wildman–Crippen LogP) is 0.327. The number of aromatic nitrogens is 2. The van der Waals surface area contributed by atoms with Gasteiger partial charge in [-0.1, -0.05) is 19.1 Å². The number of benzene rings is 1. The minimum Gasteiger partial charge on any atom is -0.475 e. The summed E-state index contributed by atoms with van der Waals surface area (Å²) in [4.78, 5) is 13.4. The van der Waals surface area contributed by atoms with Crippen molar-refractivity contribution in [3.8, 4) is 11.1 Å². The van der Waals surface area contributed by atoms with Gasteiger partial charge in [-0.05, 0) is 54.4 Å². The van der Waals surface area contributed by atoms with E-state index in [0.717, 1.165) is 36.8 Å². The Hall–Kier alpha value is -2.34. The molecule has 0 amide bonds. The lowest BCUT2D eigenvalue weighted by Crippen LogP contribution is -2.60. The SMILES string of the molecule is BC1(B)OC(N)=NC12c1cc(-c3cncnc3)ccc1C[C@@]21CC[C@H](O)[C@@H](C)C1. The number of aliphatic hydroxyl groups excluding tert-OH is 1. The van der Waals surface area contributed by atoms with Crippen molar-refractivity contribution in [2.45, 2.75) is 49.6 Å². The number of aliphatic hydroxyl groups is 1. The summed E-state index contributed by atoms with van der Waals surface area (Å²) < 4.78 is 6.12. The Morgan fingerprint density at radius 2 is 1.97 bits per heavy atom. The Morgan fingerprint density at radius 3 is 2.62 bits per heavy atom. The maximum atomic E-state index is 10.4. The van der Waals surface area contributed by atoms with Gasteiger partial charge in [0.05, 0.1) is 11.5 Å². The number of hydrogen-bond donors (Lipinski definition) is 2. The quantitative estimate of drug-likeness (QED) is 0.687. The summed E-state index contributed by atoms with van der Waals surface area (Å²) >= 11 is 0. The molecule has 1 aromatic carbocycles. The van der Waals surface area contributed by atoms with E-state index >= 15 is 0 Å². The molecular formula is C21H26B2N4O2. The average molecular weight is 388 g/mol. The molecule has 1 saturated carbocycles. The molecule has 2 spiro atoms. The number of aliphatic imine (C=N–C) groups is 1. The van der Waals surface area contributed by atoms with Gasteiger partial charge < -0.3 is 15.6 Å². The van der Waals surface area contributed by atoms with Gasteiger partial charge >= 0.3 is 0 Å². The predicted molar refractivity (Wildman–Crippen MR) is 117 cm³/mol. The highest BCUT2D eigenvalue weighted by Crippen LogP contribution is 2.65. The third kappa shape index (κ3) is 2.44. The summed E-state index contributed by atoms with van der Waals surface area (Å²) in [7, 11) is 4.20. The molecule has 0 bridgehead atoms. The Bertz CT molecular complexity index is 999. The van der Waals surface area contributed by atoms with Gasteiger partial charge in [-0.25, -0.2) is 15.0 Å². The van der Waals surface area contributed by atoms with Crippen LogP contribution in [0.1, 0.15) is 37.3 Å². The van der Waals surface area contributed by atoms with Crippen molar-refractivity contribution in [2.24, 2.45) is 22.1 Å². The number of fused-ring (bicyclic) bond motifs is 3. The summed E-state index contributed by atoms with van der Waals surface area (Å²) in [5, 5.41) is 9.87. The van der Waals surface area contributed by atoms with Crippen LogP contribution in [-0.4, -0.2) is 48.3 Å². The second kappa shape index (κ2) is 6.08. The Morgan fingerprint density at radius 1 is 1.21 bits per heavy atom. The molecular weight excluding hydrogens is 362 g/mol. The number of nitrogens with zero attached hydrogens (tertiary/aromatic N) is 3. The highest BCUT2D eigenvalue weighted by Gasteiger charge is 2.68. The van der Waals surface area contributed by atoms with Crippen LogP contribution >= 0.6 is 0 Å². The van der Waals surface area contributed by atoms with Gasteiger partial charge in [0.2, 0.25) is 0 Å². The summed E-state index contributed by atoms with van der Waals surface area (Å²) in [5.41, 5.74) is 10.0. The molecule has 1 aromatic heterocycles. The highest BCUT2D eigenvalue weighted by molar-refractivity contribution is 6.41. The molecule has 3 N–H and O–H groups in total. The lowest BCUT2D eigenvalue weighted by molar-refractivity contribution is -0.0406. The topological polar surface area (TPSA) is 93.6 Å². The van der Waals surface area contributed by atoms with Crippen LogP contribution in [0.15, 0.2) is 41.9 Å². The first-order valence-corrected chi connectivity index (χ1v) is 10.4. The van der Waals surface area contributed by atoms with E-state index in [1.165, 1.54) is 11.1 Å². The molecule has 8 heteroatoms. The van der Waals surface area contributed by atoms with E-state index in [1.54, 1.807) is 6.33 Å². The largest absolute Gasteiger partial charge is 0.475 e. The van der Waals surface area contributed by atoms with Crippen LogP contribution < -0.4 is 5.73 Å². The maximum absolute atomic E-state index is 10.4. The van der Waals surface area contributed by atoms with Crippen molar-refractivity contribution in [3.05, 3.63) is 48.0 Å². The number of rotatable bonds is 1. The van der Waals surface area contributed by atoms with Crippen LogP contribution in [0.5, 0.6) is 0 Å². The molecule has 148 valence electrons. The lowest BCUT2D eigenvalue weighted by Gasteiger charge is -2.52. The Labute approximate surface area is 172 Å². The summed E-state index contributed by atoms with van der Waals surface area (Å²) in [6.07, 6.45) is 8.46. The monoisotopic (exact) mass is 388 g/mol. The molecule has 1 aliphatic heterocycles. The molecule has 2 heterocycles. The van der Waals surface area contributed by atoms with E-state index in [9.17, 15) is 5.11 Å². The van der Waals surface area contributed by atoms with Gasteiger partial charge in [-0.2, -0.15) is 0 Å². The van der Waals surface area contributed by atoms with E-state index in [4.69, 9.17) is 15.5 Å². The minimum absolute atomic E-state index is 0.121. The van der Waals surface area contributed by atoms with Gasteiger partial charge in [0.25, 0.3) is 6.02 Å². The average Bonchev–Trinajstić information content (AvgIpc) is 3.10. The Kier molecular flexibility index (Phi) is 3.92. The first kappa shape index (κ1) is 18.7. The van der Waals surface area contributed by atoms with Gasteiger partial charge in [-0.3, -0.25) is 0 Å². The minimum atomic E-state index is -0.573. The standard InChI is InChI=1S/C21H26B2N4O2/c1-12-7-19(5-4-17(12)28)8-14-3-2-13(15-9-25-11-26-10-15)6-16(14)20(19)21(22,23)29-18(24)27-20/h2-3,6,9-12,17,28H,4-5,7-8,22-23H2,1H3,(H2,24,27)/t12-,17-,19-,20?/m0/s1. The van der Waals surface area contributed by atoms with Gasteiger partial charge in [0, 0.05) is 23.4 Å². The van der Waals surface area contributed by atoms with E-state index in [1.807, 2.05) is 12.4 Å². The zero-order valence-corrected chi connectivity index (χ0v) is 17.2. The molecule has 29 heavy (non-hydrogen) atoms. The third-order valence-corrected chi connectivity index (χ3v) is 7.49.